The molecule has 9 heteroatoms. The van der Waals surface area contributed by atoms with E-state index in [1.165, 1.54) is 30.9 Å². The maximum absolute atomic E-state index is 13.5. The van der Waals surface area contributed by atoms with Crippen molar-refractivity contribution in [3.63, 3.8) is 0 Å². The van der Waals surface area contributed by atoms with Crippen LogP contribution >= 0.6 is 11.6 Å². The number of benzene rings is 3. The van der Waals surface area contributed by atoms with Crippen LogP contribution in [0.15, 0.2) is 77.7 Å². The van der Waals surface area contributed by atoms with E-state index in [1.807, 2.05) is 24.3 Å². The minimum atomic E-state index is -4.09. The Labute approximate surface area is 218 Å². The van der Waals surface area contributed by atoms with Crippen molar-refractivity contribution < 1.29 is 22.7 Å². The highest BCUT2D eigenvalue weighted by Crippen LogP contribution is 2.34. The summed E-state index contributed by atoms with van der Waals surface area (Å²) in [6.45, 7) is 6.38. The standard InChI is InChI=1S/C27H31ClN2O5S/c1-27(2,3)20-10-13-22(14-11-20)35-17-16-29-26(31)19-30(24-18-21(28)12-15-25(24)34-4)36(32,33)23-8-6-5-7-9-23/h5-15,18H,16-17,19H2,1-4H3,(H,29,31). The first kappa shape index (κ1) is 27.4. The van der Waals surface area contributed by atoms with Gasteiger partial charge in [-0.25, -0.2) is 8.42 Å². The number of nitrogens with zero attached hydrogens (tertiary/aromatic N) is 1. The van der Waals surface area contributed by atoms with Crippen LogP contribution in [0.1, 0.15) is 26.3 Å². The number of anilines is 1. The molecule has 1 N–H and O–H groups in total. The maximum atomic E-state index is 13.5. The van der Waals surface area contributed by atoms with Crippen molar-refractivity contribution in [1.29, 1.82) is 0 Å². The van der Waals surface area contributed by atoms with Crippen LogP contribution in [0.5, 0.6) is 11.5 Å². The van der Waals surface area contributed by atoms with Crippen molar-refractivity contribution in [2.24, 2.45) is 0 Å². The predicted octanol–water partition coefficient (Wildman–Crippen LogP) is 5.04. The summed E-state index contributed by atoms with van der Waals surface area (Å²) in [7, 11) is -2.66. The molecule has 3 rings (SSSR count). The lowest BCUT2D eigenvalue weighted by Crippen LogP contribution is -2.42. The zero-order valence-corrected chi connectivity index (χ0v) is 22.4. The van der Waals surface area contributed by atoms with E-state index in [9.17, 15) is 13.2 Å². The van der Waals surface area contributed by atoms with Gasteiger partial charge < -0.3 is 14.8 Å². The lowest BCUT2D eigenvalue weighted by Gasteiger charge is -2.26. The van der Waals surface area contributed by atoms with Crippen molar-refractivity contribution in [2.75, 3.05) is 31.1 Å². The summed E-state index contributed by atoms with van der Waals surface area (Å²) in [6, 6.07) is 20.3. The Morgan fingerprint density at radius 1 is 1.00 bits per heavy atom. The van der Waals surface area contributed by atoms with Gasteiger partial charge in [0.1, 0.15) is 24.7 Å². The maximum Gasteiger partial charge on any atom is 0.264 e. The molecule has 0 atom stereocenters. The average molecular weight is 531 g/mol. The monoisotopic (exact) mass is 530 g/mol. The summed E-state index contributed by atoms with van der Waals surface area (Å²) in [4.78, 5) is 12.9. The van der Waals surface area contributed by atoms with Crippen LogP contribution in [0.3, 0.4) is 0 Å². The lowest BCUT2D eigenvalue weighted by molar-refractivity contribution is -0.119. The summed E-state index contributed by atoms with van der Waals surface area (Å²) >= 11 is 6.15. The van der Waals surface area contributed by atoms with Gasteiger partial charge in [0.2, 0.25) is 5.91 Å². The molecule has 0 heterocycles. The van der Waals surface area contributed by atoms with Gasteiger partial charge in [-0.2, -0.15) is 0 Å². The average Bonchev–Trinajstić information content (AvgIpc) is 2.85. The third kappa shape index (κ3) is 6.92. The van der Waals surface area contributed by atoms with Gasteiger partial charge in [-0.15, -0.1) is 0 Å². The van der Waals surface area contributed by atoms with E-state index in [4.69, 9.17) is 21.1 Å². The number of amides is 1. The van der Waals surface area contributed by atoms with Gasteiger partial charge in [0.05, 0.1) is 24.2 Å². The molecule has 0 saturated carbocycles. The second kappa shape index (κ2) is 11.7. The Bertz CT molecular complexity index is 1270. The van der Waals surface area contributed by atoms with Crippen molar-refractivity contribution >= 4 is 33.2 Å². The molecule has 0 aliphatic rings. The summed E-state index contributed by atoms with van der Waals surface area (Å²) in [5, 5.41) is 3.03. The summed E-state index contributed by atoms with van der Waals surface area (Å²) in [5.41, 5.74) is 1.41. The molecule has 0 fully saturated rings. The number of rotatable bonds is 10. The smallest absolute Gasteiger partial charge is 0.264 e. The Kier molecular flexibility index (Phi) is 8.87. The van der Waals surface area contributed by atoms with Gasteiger partial charge in [-0.05, 0) is 53.4 Å². The topological polar surface area (TPSA) is 84.9 Å². The highest BCUT2D eigenvalue weighted by Gasteiger charge is 2.29. The van der Waals surface area contributed by atoms with Crippen molar-refractivity contribution in [3.8, 4) is 11.5 Å². The van der Waals surface area contributed by atoms with E-state index in [1.54, 1.807) is 30.3 Å². The van der Waals surface area contributed by atoms with Crippen molar-refractivity contribution in [3.05, 3.63) is 83.4 Å². The SMILES string of the molecule is COc1ccc(Cl)cc1N(CC(=O)NCCOc1ccc(C(C)(C)C)cc1)S(=O)(=O)c1ccccc1. The zero-order chi connectivity index (χ0) is 26.3. The Hall–Kier alpha value is -3.23. The first-order valence-corrected chi connectivity index (χ1v) is 13.3. The van der Waals surface area contributed by atoms with Crippen LogP contribution in [0, 0.1) is 0 Å². The highest BCUT2D eigenvalue weighted by atomic mass is 35.5. The molecule has 0 aromatic heterocycles. The molecule has 3 aromatic carbocycles. The number of nitrogens with one attached hydrogen (secondary N) is 1. The molecular weight excluding hydrogens is 500 g/mol. The molecule has 0 aliphatic carbocycles. The van der Waals surface area contributed by atoms with Crippen LogP contribution in [-0.2, 0) is 20.2 Å². The molecule has 3 aromatic rings. The number of sulfonamides is 1. The van der Waals surface area contributed by atoms with Gasteiger partial charge in [0.25, 0.3) is 10.0 Å². The molecule has 0 saturated heterocycles. The third-order valence-corrected chi connectivity index (χ3v) is 7.45. The Balaban J connectivity index is 1.71. The number of hydrogen-bond acceptors (Lipinski definition) is 5. The molecule has 1 amide bonds. The van der Waals surface area contributed by atoms with E-state index in [-0.39, 0.29) is 34.9 Å². The molecule has 36 heavy (non-hydrogen) atoms. The minimum Gasteiger partial charge on any atom is -0.495 e. The first-order valence-electron chi connectivity index (χ1n) is 11.4. The first-order chi connectivity index (χ1) is 17.0. The van der Waals surface area contributed by atoms with Crippen LogP contribution in [0.2, 0.25) is 5.02 Å². The summed E-state index contributed by atoms with van der Waals surface area (Å²) < 4.78 is 39.0. The van der Waals surface area contributed by atoms with Gasteiger partial charge in [-0.1, -0.05) is 62.7 Å². The number of halogens is 1. The van der Waals surface area contributed by atoms with Gasteiger partial charge >= 0.3 is 0 Å². The molecule has 7 nitrogen and oxygen atoms in total. The lowest BCUT2D eigenvalue weighted by atomic mass is 9.87. The van der Waals surface area contributed by atoms with E-state index < -0.39 is 22.5 Å². The summed E-state index contributed by atoms with van der Waals surface area (Å²) in [6.07, 6.45) is 0. The normalized spacial score (nSPS) is 11.6. The Morgan fingerprint density at radius 2 is 1.67 bits per heavy atom. The molecule has 0 radical (unpaired) electrons. The fourth-order valence-corrected chi connectivity index (χ4v) is 5.08. The molecule has 0 bridgehead atoms. The minimum absolute atomic E-state index is 0.0434. The zero-order valence-electron chi connectivity index (χ0n) is 20.8. The van der Waals surface area contributed by atoms with E-state index in [0.29, 0.717) is 10.8 Å². The third-order valence-electron chi connectivity index (χ3n) is 5.44. The molecule has 0 spiro atoms. The van der Waals surface area contributed by atoms with E-state index in [2.05, 4.69) is 26.1 Å². The van der Waals surface area contributed by atoms with Crippen molar-refractivity contribution in [1.82, 2.24) is 5.32 Å². The fraction of sp³-hybridized carbons (Fsp3) is 0.296. The molecule has 192 valence electrons. The van der Waals surface area contributed by atoms with Gasteiger partial charge in [0, 0.05) is 5.02 Å². The second-order valence-corrected chi connectivity index (χ2v) is 11.4. The van der Waals surface area contributed by atoms with E-state index in [0.717, 1.165) is 4.31 Å². The van der Waals surface area contributed by atoms with Crippen LogP contribution in [0.4, 0.5) is 5.69 Å². The van der Waals surface area contributed by atoms with Crippen LogP contribution in [0.25, 0.3) is 0 Å². The number of carbonyl (C=O) groups is 1. The summed E-state index contributed by atoms with van der Waals surface area (Å²) in [5.74, 6) is 0.464. The van der Waals surface area contributed by atoms with Crippen molar-refractivity contribution in [2.45, 2.75) is 31.1 Å². The molecule has 0 unspecified atom stereocenters. The number of carbonyl (C=O) groups excluding carboxylic acids is 1. The van der Waals surface area contributed by atoms with Crippen LogP contribution in [-0.4, -0.2) is 41.1 Å². The number of hydrogen-bond donors (Lipinski definition) is 1. The second-order valence-electron chi connectivity index (χ2n) is 9.11. The van der Waals surface area contributed by atoms with Gasteiger partial charge in [-0.3, -0.25) is 9.10 Å². The van der Waals surface area contributed by atoms with E-state index >= 15 is 0 Å². The number of ether oxygens (including phenoxy) is 2. The highest BCUT2D eigenvalue weighted by molar-refractivity contribution is 7.92. The molecular formula is C27H31ClN2O5S. The largest absolute Gasteiger partial charge is 0.495 e. The van der Waals surface area contributed by atoms with Crippen LogP contribution < -0.4 is 19.1 Å². The predicted molar refractivity (Wildman–Crippen MR) is 143 cm³/mol. The quantitative estimate of drug-likeness (QED) is 0.371. The Morgan fingerprint density at radius 3 is 2.28 bits per heavy atom. The molecule has 0 aliphatic heterocycles. The van der Waals surface area contributed by atoms with Gasteiger partial charge in [0.15, 0.2) is 0 Å². The fourth-order valence-electron chi connectivity index (χ4n) is 3.47. The number of methoxy groups -OCH3 is 1.